The molecular weight excluding hydrogens is 337 g/mol. The Hall–Kier alpha value is -2.36. The van der Waals surface area contributed by atoms with Crippen molar-refractivity contribution in [3.05, 3.63) is 66.0 Å². The molecule has 1 aliphatic heterocycles. The van der Waals surface area contributed by atoms with Crippen LogP contribution in [0.1, 0.15) is 55.6 Å². The van der Waals surface area contributed by atoms with E-state index in [2.05, 4.69) is 33.5 Å². The zero-order valence-corrected chi connectivity index (χ0v) is 15.8. The Morgan fingerprint density at radius 1 is 1.11 bits per heavy atom. The number of piperidine rings is 1. The van der Waals surface area contributed by atoms with E-state index >= 15 is 0 Å². The Morgan fingerprint density at radius 2 is 1.93 bits per heavy atom. The van der Waals surface area contributed by atoms with Crippen molar-refractivity contribution in [3.8, 4) is 0 Å². The predicted molar refractivity (Wildman–Crippen MR) is 107 cm³/mol. The van der Waals surface area contributed by atoms with Crippen LogP contribution in [0.4, 0.5) is 10.1 Å². The van der Waals surface area contributed by atoms with E-state index in [0.29, 0.717) is 11.8 Å². The normalized spacial score (nSPS) is 19.6. The smallest absolute Gasteiger partial charge is 0.125 e. The van der Waals surface area contributed by atoms with Gasteiger partial charge >= 0.3 is 0 Å². The lowest BCUT2D eigenvalue weighted by Gasteiger charge is -2.37. The highest BCUT2D eigenvalue weighted by atomic mass is 19.1. The van der Waals surface area contributed by atoms with Crippen LogP contribution in [0.25, 0.3) is 5.52 Å². The summed E-state index contributed by atoms with van der Waals surface area (Å²) in [5, 5.41) is 0. The average molecular weight is 363 g/mol. The Bertz CT molecular complexity index is 951. The molecule has 0 amide bonds. The summed E-state index contributed by atoms with van der Waals surface area (Å²) in [6.45, 7) is 4.40. The third-order valence-electron chi connectivity index (χ3n) is 6.56. The van der Waals surface area contributed by atoms with Crippen molar-refractivity contribution in [2.45, 2.75) is 44.4 Å². The molecule has 1 aliphatic carbocycles. The van der Waals surface area contributed by atoms with Crippen molar-refractivity contribution in [2.75, 3.05) is 18.0 Å². The minimum absolute atomic E-state index is 0.149. The van der Waals surface area contributed by atoms with Crippen molar-refractivity contribution in [3.63, 3.8) is 0 Å². The Balaban J connectivity index is 1.38. The maximum absolute atomic E-state index is 13.6. The van der Waals surface area contributed by atoms with Crippen molar-refractivity contribution in [1.82, 2.24) is 9.38 Å². The molecule has 3 heterocycles. The first kappa shape index (κ1) is 16.8. The first-order chi connectivity index (χ1) is 13.2. The number of aromatic nitrogens is 2. The number of hydrogen-bond acceptors (Lipinski definition) is 2. The van der Waals surface area contributed by atoms with Crippen LogP contribution in [0.15, 0.2) is 49.1 Å². The van der Waals surface area contributed by atoms with Crippen molar-refractivity contribution >= 4 is 11.2 Å². The average Bonchev–Trinajstić information content (AvgIpc) is 3.43. The van der Waals surface area contributed by atoms with Crippen LogP contribution in [0.2, 0.25) is 0 Å². The number of pyridine rings is 1. The number of hydrogen-bond donors (Lipinski definition) is 0. The maximum atomic E-state index is 13.6. The van der Waals surface area contributed by atoms with E-state index in [0.717, 1.165) is 37.5 Å². The topological polar surface area (TPSA) is 20.5 Å². The zero-order chi connectivity index (χ0) is 18.4. The highest BCUT2D eigenvalue weighted by Crippen LogP contribution is 2.46. The van der Waals surface area contributed by atoms with Gasteiger partial charge in [0.15, 0.2) is 0 Å². The summed E-state index contributed by atoms with van der Waals surface area (Å²) in [4.78, 5) is 6.72. The van der Waals surface area contributed by atoms with E-state index in [4.69, 9.17) is 0 Å². The lowest BCUT2D eigenvalue weighted by atomic mass is 9.79. The maximum Gasteiger partial charge on any atom is 0.125 e. The van der Waals surface area contributed by atoms with Crippen LogP contribution in [-0.4, -0.2) is 22.5 Å². The predicted octanol–water partition coefficient (Wildman–Crippen LogP) is 5.37. The second-order valence-electron chi connectivity index (χ2n) is 8.24. The highest BCUT2D eigenvalue weighted by molar-refractivity contribution is 5.60. The van der Waals surface area contributed by atoms with Crippen LogP contribution in [0, 0.1) is 11.7 Å². The van der Waals surface area contributed by atoms with Gasteiger partial charge in [0.05, 0.1) is 18.0 Å². The molecule has 1 atom stereocenters. The third-order valence-corrected chi connectivity index (χ3v) is 6.56. The molecule has 2 fully saturated rings. The van der Waals surface area contributed by atoms with Crippen molar-refractivity contribution < 1.29 is 4.39 Å². The molecule has 1 saturated heterocycles. The Labute approximate surface area is 159 Å². The number of fused-ring (bicyclic) bond motifs is 1. The van der Waals surface area contributed by atoms with Crippen LogP contribution in [0.3, 0.4) is 0 Å². The van der Waals surface area contributed by atoms with Crippen LogP contribution >= 0.6 is 0 Å². The summed E-state index contributed by atoms with van der Waals surface area (Å²) in [6.07, 6.45) is 11.0. The molecular formula is C23H26FN3. The molecule has 2 aromatic heterocycles. The van der Waals surface area contributed by atoms with Crippen LogP contribution in [0.5, 0.6) is 0 Å². The summed E-state index contributed by atoms with van der Waals surface area (Å²) >= 11 is 0. The molecule has 3 aromatic rings. The molecule has 0 N–H and O–H groups in total. The second-order valence-corrected chi connectivity index (χ2v) is 8.24. The van der Waals surface area contributed by atoms with Gasteiger partial charge < -0.3 is 9.30 Å². The van der Waals surface area contributed by atoms with Gasteiger partial charge in [0, 0.05) is 25.0 Å². The third kappa shape index (κ3) is 3.11. The van der Waals surface area contributed by atoms with Crippen LogP contribution < -0.4 is 4.90 Å². The number of rotatable bonds is 4. The van der Waals surface area contributed by atoms with Gasteiger partial charge in [-0.15, -0.1) is 0 Å². The van der Waals surface area contributed by atoms with E-state index in [1.807, 2.05) is 24.7 Å². The number of imidazole rings is 1. The molecule has 1 aromatic carbocycles. The lowest BCUT2D eigenvalue weighted by molar-refractivity contribution is 0.354. The fraction of sp³-hybridized carbons (Fsp3) is 0.435. The summed E-state index contributed by atoms with van der Waals surface area (Å²) in [5.74, 6) is 1.78. The van der Waals surface area contributed by atoms with Gasteiger partial charge in [-0.1, -0.05) is 13.0 Å². The van der Waals surface area contributed by atoms with E-state index in [1.165, 1.54) is 30.0 Å². The molecule has 0 spiro atoms. The van der Waals surface area contributed by atoms with Gasteiger partial charge in [-0.05, 0) is 78.8 Å². The van der Waals surface area contributed by atoms with Gasteiger partial charge in [-0.25, -0.2) is 9.37 Å². The fourth-order valence-corrected chi connectivity index (χ4v) is 4.84. The Morgan fingerprint density at radius 3 is 2.67 bits per heavy atom. The highest BCUT2D eigenvalue weighted by Gasteiger charge is 2.32. The second kappa shape index (κ2) is 6.66. The van der Waals surface area contributed by atoms with Gasteiger partial charge in [0.1, 0.15) is 5.82 Å². The fourth-order valence-electron chi connectivity index (χ4n) is 4.84. The summed E-state index contributed by atoms with van der Waals surface area (Å²) in [5.41, 5.74) is 5.35. The molecule has 4 heteroatoms. The van der Waals surface area contributed by atoms with E-state index in [-0.39, 0.29) is 5.82 Å². The SMILES string of the molecule is CC(c1c(C2CC2)ccn2cncc12)C1CCN(c2cccc(F)c2)CC1. The Kier molecular flexibility index (Phi) is 4.14. The molecule has 3 nitrogen and oxygen atoms in total. The van der Waals surface area contributed by atoms with Gasteiger partial charge in [0.2, 0.25) is 0 Å². The summed E-state index contributed by atoms with van der Waals surface area (Å²) < 4.78 is 15.7. The van der Waals surface area contributed by atoms with E-state index < -0.39 is 0 Å². The molecule has 1 saturated carbocycles. The minimum atomic E-state index is -0.149. The standard InChI is InChI=1S/C23H26FN3/c1-16(17-7-10-26(11-8-17)20-4-2-3-19(24)13-20)23-21(18-5-6-18)9-12-27-15-25-14-22(23)27/h2-4,9,12-18H,5-8,10-11H2,1H3. The number of benzene rings is 1. The number of anilines is 1. The summed E-state index contributed by atoms with van der Waals surface area (Å²) in [7, 11) is 0. The molecule has 27 heavy (non-hydrogen) atoms. The van der Waals surface area contributed by atoms with Crippen molar-refractivity contribution in [2.24, 2.45) is 5.92 Å². The van der Waals surface area contributed by atoms with Gasteiger partial charge in [-0.3, -0.25) is 0 Å². The monoisotopic (exact) mass is 363 g/mol. The largest absolute Gasteiger partial charge is 0.371 e. The van der Waals surface area contributed by atoms with Crippen LogP contribution in [-0.2, 0) is 0 Å². The molecule has 1 unspecified atom stereocenters. The van der Waals surface area contributed by atoms with E-state index in [1.54, 1.807) is 11.6 Å². The first-order valence-electron chi connectivity index (χ1n) is 10.2. The molecule has 140 valence electrons. The number of nitrogens with zero attached hydrogens (tertiary/aromatic N) is 3. The molecule has 0 radical (unpaired) electrons. The first-order valence-corrected chi connectivity index (χ1v) is 10.2. The molecule has 5 rings (SSSR count). The van der Waals surface area contributed by atoms with Gasteiger partial charge in [0.25, 0.3) is 0 Å². The quantitative estimate of drug-likeness (QED) is 0.621. The molecule has 0 bridgehead atoms. The molecule has 2 aliphatic rings. The summed E-state index contributed by atoms with van der Waals surface area (Å²) in [6, 6.07) is 9.32. The zero-order valence-electron chi connectivity index (χ0n) is 15.8. The minimum Gasteiger partial charge on any atom is -0.371 e. The van der Waals surface area contributed by atoms with E-state index in [9.17, 15) is 4.39 Å². The number of halogens is 1. The van der Waals surface area contributed by atoms with Gasteiger partial charge in [-0.2, -0.15) is 0 Å². The van der Waals surface area contributed by atoms with Crippen molar-refractivity contribution in [1.29, 1.82) is 0 Å². The lowest BCUT2D eigenvalue weighted by Crippen LogP contribution is -2.35.